The second-order valence-corrected chi connectivity index (χ2v) is 19.4. The second kappa shape index (κ2) is 15.5. The van der Waals surface area contributed by atoms with Crippen LogP contribution in [0, 0.1) is 11.3 Å². The molecule has 0 saturated heterocycles. The number of para-hydroxylation sites is 1. The molecule has 0 amide bonds. The Morgan fingerprint density at radius 2 is 1.24 bits per heavy atom. The summed E-state index contributed by atoms with van der Waals surface area (Å²) in [5.74, 6) is 1.20. The quantitative estimate of drug-likeness (QED) is 0.181. The summed E-state index contributed by atoms with van der Waals surface area (Å²) in [4.78, 5) is 10.9. The molecule has 3 heterocycles. The zero-order valence-electron chi connectivity index (χ0n) is 38.4. The predicted octanol–water partition coefficient (Wildman–Crippen LogP) is 15.9. The third kappa shape index (κ3) is 6.35. The van der Waals surface area contributed by atoms with Crippen LogP contribution in [0.25, 0.3) is 77.5 Å². The van der Waals surface area contributed by atoms with Gasteiger partial charge in [-0.3, -0.25) is 0 Å². The number of hydrogen-bond acceptors (Lipinski definition) is 4. The van der Waals surface area contributed by atoms with Gasteiger partial charge in [-0.2, -0.15) is 0 Å². The molecule has 4 atom stereocenters. The Morgan fingerprint density at radius 3 is 2.04 bits per heavy atom. The van der Waals surface area contributed by atoms with Crippen molar-refractivity contribution in [2.75, 3.05) is 0 Å². The first-order chi connectivity index (χ1) is 33.3. The van der Waals surface area contributed by atoms with Crippen molar-refractivity contribution in [3.05, 3.63) is 246 Å². The first-order valence-corrected chi connectivity index (χ1v) is 23.9. The number of allylic oxidation sites excluding steroid dienone is 7. The minimum atomic E-state index is -0.498. The molecule has 0 spiro atoms. The highest BCUT2D eigenvalue weighted by Crippen LogP contribution is 2.55. The number of hydrogen-bond donors (Lipinski definition) is 1. The summed E-state index contributed by atoms with van der Waals surface area (Å²) < 4.78 is 6.85. The molecule has 4 heteroatoms. The predicted molar refractivity (Wildman–Crippen MR) is 283 cm³/mol. The van der Waals surface area contributed by atoms with Crippen molar-refractivity contribution in [3.8, 4) is 22.3 Å². The van der Waals surface area contributed by atoms with Crippen molar-refractivity contribution in [3.63, 3.8) is 0 Å². The highest BCUT2D eigenvalue weighted by molar-refractivity contribution is 6.20. The van der Waals surface area contributed by atoms with Gasteiger partial charge < -0.3 is 9.73 Å². The maximum atomic E-state index is 6.85. The molecule has 7 aromatic carbocycles. The van der Waals surface area contributed by atoms with E-state index in [9.17, 15) is 0 Å². The van der Waals surface area contributed by atoms with E-state index in [-0.39, 0.29) is 17.3 Å². The highest BCUT2D eigenvalue weighted by atomic mass is 16.3. The molecular formula is C64H49N3O. The highest BCUT2D eigenvalue weighted by Gasteiger charge is 2.45. The Bertz CT molecular complexity index is 3720. The molecule has 68 heavy (non-hydrogen) atoms. The number of furan rings is 1. The minimum Gasteiger partial charge on any atom is -0.454 e. The SMILES string of the molecule is CC1C(c2nc3cc(C4=CC(C)(C5(C)C=C(c6ccc(-c7ccccc7)cc6)N=C(c6ccccc6)N5)CC=C4)ccc3c3c2oc2ccccc23)=CC=C2c3ccccc3-c3ccccc3C21. The fourth-order valence-corrected chi connectivity index (χ4v) is 11.5. The molecule has 4 aliphatic rings. The zero-order chi connectivity index (χ0) is 45.6. The zero-order valence-corrected chi connectivity index (χ0v) is 38.4. The van der Waals surface area contributed by atoms with Crippen LogP contribution >= 0.6 is 0 Å². The van der Waals surface area contributed by atoms with Crippen LogP contribution < -0.4 is 5.32 Å². The van der Waals surface area contributed by atoms with Crippen molar-refractivity contribution >= 4 is 61.1 Å². The van der Waals surface area contributed by atoms with Gasteiger partial charge in [-0.15, -0.1) is 0 Å². The number of amidine groups is 1. The average molecular weight is 876 g/mol. The van der Waals surface area contributed by atoms with Crippen LogP contribution in [0.15, 0.2) is 222 Å². The van der Waals surface area contributed by atoms with Crippen LogP contribution in [0.4, 0.5) is 0 Å². The van der Waals surface area contributed by atoms with Crippen molar-refractivity contribution in [1.82, 2.24) is 10.3 Å². The summed E-state index contributed by atoms with van der Waals surface area (Å²) in [6.07, 6.45) is 15.0. The Hall–Kier alpha value is -8.08. The monoisotopic (exact) mass is 875 g/mol. The third-order valence-electron chi connectivity index (χ3n) is 15.4. The van der Waals surface area contributed by atoms with E-state index in [1.807, 2.05) is 0 Å². The molecule has 1 aliphatic heterocycles. The van der Waals surface area contributed by atoms with Gasteiger partial charge in [0.15, 0.2) is 5.58 Å². The smallest absolute Gasteiger partial charge is 0.162 e. The van der Waals surface area contributed by atoms with Gasteiger partial charge in [0.2, 0.25) is 0 Å². The van der Waals surface area contributed by atoms with Gasteiger partial charge in [0, 0.05) is 33.1 Å². The molecule has 1 N–H and O–H groups in total. The van der Waals surface area contributed by atoms with E-state index in [4.69, 9.17) is 14.4 Å². The molecule has 0 fully saturated rings. The Kier molecular flexibility index (Phi) is 9.17. The van der Waals surface area contributed by atoms with Crippen molar-refractivity contribution in [2.24, 2.45) is 16.3 Å². The van der Waals surface area contributed by atoms with Gasteiger partial charge in [-0.1, -0.05) is 208 Å². The number of aromatic nitrogens is 1. The summed E-state index contributed by atoms with van der Waals surface area (Å²) in [6, 6.07) is 62.9. The summed E-state index contributed by atoms with van der Waals surface area (Å²) in [6.45, 7) is 7.08. The Morgan fingerprint density at radius 1 is 0.588 bits per heavy atom. The number of benzene rings is 7. The molecule has 0 saturated carbocycles. The second-order valence-electron chi connectivity index (χ2n) is 19.4. The molecule has 4 nitrogen and oxygen atoms in total. The van der Waals surface area contributed by atoms with Crippen LogP contribution in [0.1, 0.15) is 66.6 Å². The van der Waals surface area contributed by atoms with Gasteiger partial charge in [0.05, 0.1) is 16.8 Å². The molecule has 3 aliphatic carbocycles. The van der Waals surface area contributed by atoms with Gasteiger partial charge in [0.25, 0.3) is 0 Å². The largest absolute Gasteiger partial charge is 0.454 e. The standard InChI is InChI=1S/C64H49N3O/c1-40-47(34-35-52-50-24-11-10-22-48(50)49-23-12-13-25-51(49)58(40)52)60-61-59(54-26-14-15-27-57(54)68-61)53-33-32-45(37-55(53)65-60)46-21-16-36-63(2,38-46)64(3)39-56(66-62(67-64)44-19-8-5-9-20-44)43-30-28-42(29-31-43)41-17-6-4-7-18-41/h4-35,37-40,58H,36H2,1-3H3,(H,66,67). The lowest BCUT2D eigenvalue weighted by atomic mass is 9.65. The first kappa shape index (κ1) is 40.2. The van der Waals surface area contributed by atoms with E-state index in [1.165, 1.54) is 50.1 Å². The maximum Gasteiger partial charge on any atom is 0.162 e. The molecule has 9 aromatic rings. The number of aliphatic imine (C=N–C) groups is 1. The van der Waals surface area contributed by atoms with E-state index >= 15 is 0 Å². The molecule has 0 radical (unpaired) electrons. The van der Waals surface area contributed by atoms with E-state index in [0.29, 0.717) is 0 Å². The Labute approximate surface area is 397 Å². The molecule has 326 valence electrons. The number of nitrogens with zero attached hydrogens (tertiary/aromatic N) is 2. The third-order valence-corrected chi connectivity index (χ3v) is 15.4. The van der Waals surface area contributed by atoms with Gasteiger partial charge in [0.1, 0.15) is 17.1 Å². The Balaban J connectivity index is 0.927. The van der Waals surface area contributed by atoms with Gasteiger partial charge in [-0.25, -0.2) is 9.98 Å². The van der Waals surface area contributed by atoms with Gasteiger partial charge >= 0.3 is 0 Å². The van der Waals surface area contributed by atoms with Crippen LogP contribution in [-0.2, 0) is 0 Å². The summed E-state index contributed by atoms with van der Waals surface area (Å²) in [5.41, 5.74) is 18.4. The van der Waals surface area contributed by atoms with Crippen LogP contribution in [0.2, 0.25) is 0 Å². The molecule has 2 aromatic heterocycles. The molecule has 13 rings (SSSR count). The van der Waals surface area contributed by atoms with Crippen molar-refractivity contribution < 1.29 is 4.42 Å². The molecule has 0 bridgehead atoms. The van der Waals surface area contributed by atoms with E-state index in [0.717, 1.165) is 73.2 Å². The topological polar surface area (TPSA) is 50.4 Å². The fourth-order valence-electron chi connectivity index (χ4n) is 11.5. The minimum absolute atomic E-state index is 0.145. The normalized spacial score (nSPS) is 21.7. The van der Waals surface area contributed by atoms with E-state index < -0.39 is 5.54 Å². The first-order valence-electron chi connectivity index (χ1n) is 23.9. The van der Waals surface area contributed by atoms with Crippen molar-refractivity contribution in [2.45, 2.75) is 38.6 Å². The van der Waals surface area contributed by atoms with Crippen molar-refractivity contribution in [1.29, 1.82) is 0 Å². The van der Waals surface area contributed by atoms with E-state index in [2.05, 4.69) is 238 Å². The van der Waals surface area contributed by atoms with Crippen LogP contribution in [-0.4, -0.2) is 16.4 Å². The average Bonchev–Trinajstić information content (AvgIpc) is 3.79. The number of rotatable bonds is 6. The fraction of sp³-hybridized carbons (Fsp3) is 0.125. The number of pyridine rings is 1. The van der Waals surface area contributed by atoms with Crippen LogP contribution in [0.5, 0.6) is 0 Å². The van der Waals surface area contributed by atoms with Crippen LogP contribution in [0.3, 0.4) is 0 Å². The lowest BCUT2D eigenvalue weighted by Gasteiger charge is -2.47. The number of nitrogens with one attached hydrogen (secondary N) is 1. The van der Waals surface area contributed by atoms with E-state index in [1.54, 1.807) is 0 Å². The lowest BCUT2D eigenvalue weighted by Crippen LogP contribution is -2.57. The molecular weight excluding hydrogens is 827 g/mol. The summed E-state index contributed by atoms with van der Waals surface area (Å²) in [7, 11) is 0. The number of fused-ring (bicyclic) bond motifs is 11. The lowest BCUT2D eigenvalue weighted by molar-refractivity contribution is 0.250. The maximum absolute atomic E-state index is 6.85. The van der Waals surface area contributed by atoms with Gasteiger partial charge in [-0.05, 0) is 98.7 Å². The molecule has 4 unspecified atom stereocenters. The summed E-state index contributed by atoms with van der Waals surface area (Å²) >= 11 is 0. The summed E-state index contributed by atoms with van der Waals surface area (Å²) in [5, 5.41) is 7.28.